The van der Waals surface area contributed by atoms with E-state index in [1.165, 1.54) is 30.6 Å². The number of aromatic nitrogens is 2. The molecule has 0 unspecified atom stereocenters. The normalized spacial score (nSPS) is 10.2. The molecule has 0 aliphatic carbocycles. The molecule has 110 valence electrons. The smallest absolute Gasteiger partial charge is 0.311 e. The lowest BCUT2D eigenvalue weighted by molar-refractivity contribution is -0.139. The summed E-state index contributed by atoms with van der Waals surface area (Å²) in [4.78, 5) is 31.0. The maximum Gasteiger partial charge on any atom is 0.311 e. The lowest BCUT2D eigenvalue weighted by Gasteiger charge is -2.02. The van der Waals surface area contributed by atoms with Gasteiger partial charge in [0.2, 0.25) is 0 Å². The van der Waals surface area contributed by atoms with Gasteiger partial charge in [-0.25, -0.2) is 9.97 Å². The predicted octanol–water partition coefficient (Wildman–Crippen LogP) is 2.81. The van der Waals surface area contributed by atoms with Gasteiger partial charge in [0, 0.05) is 10.9 Å². The van der Waals surface area contributed by atoms with Crippen molar-refractivity contribution in [3.8, 4) is 0 Å². The molecule has 21 heavy (non-hydrogen) atoms. The molecule has 2 rings (SSSR count). The highest BCUT2D eigenvalue weighted by Gasteiger charge is 2.12. The highest BCUT2D eigenvalue weighted by molar-refractivity contribution is 7.14. The van der Waals surface area contributed by atoms with Crippen LogP contribution in [0, 0.1) is 0 Å². The molecule has 0 saturated carbocycles. The number of hydrogen-bond donors (Lipinski definition) is 1. The molecular weight excluding hydrogens is 337 g/mol. The first kappa shape index (κ1) is 15.7. The summed E-state index contributed by atoms with van der Waals surface area (Å²) >= 11 is 12.7. The first-order valence-corrected chi connectivity index (χ1v) is 7.27. The number of hydrogen-bond acceptors (Lipinski definition) is 6. The van der Waals surface area contributed by atoms with Gasteiger partial charge in [0.25, 0.3) is 5.91 Å². The highest BCUT2D eigenvalue weighted by atomic mass is 35.5. The van der Waals surface area contributed by atoms with Gasteiger partial charge >= 0.3 is 5.97 Å². The molecule has 2 heterocycles. The number of halogens is 2. The highest BCUT2D eigenvalue weighted by Crippen LogP contribution is 2.19. The summed E-state index contributed by atoms with van der Waals surface area (Å²) in [7, 11) is 1.30. The molecule has 0 aromatic carbocycles. The van der Waals surface area contributed by atoms with Crippen molar-refractivity contribution in [2.45, 2.75) is 6.42 Å². The Labute approximate surface area is 134 Å². The first-order valence-electron chi connectivity index (χ1n) is 5.63. The fourth-order valence-electron chi connectivity index (χ4n) is 1.43. The maximum atomic E-state index is 12.0. The zero-order valence-corrected chi connectivity index (χ0v) is 13.1. The van der Waals surface area contributed by atoms with Crippen LogP contribution in [0.3, 0.4) is 0 Å². The van der Waals surface area contributed by atoms with Crippen molar-refractivity contribution in [1.29, 1.82) is 0 Å². The van der Waals surface area contributed by atoms with Crippen LogP contribution in [0.25, 0.3) is 0 Å². The van der Waals surface area contributed by atoms with Crippen molar-refractivity contribution in [3.63, 3.8) is 0 Å². The molecule has 0 bridgehead atoms. The SMILES string of the molecule is COC(=O)Cc1csc(NC(=O)c2cc(Cl)nc(Cl)c2)n1. The summed E-state index contributed by atoms with van der Waals surface area (Å²) in [5.41, 5.74) is 0.790. The molecular formula is C12H9Cl2N3O3S. The van der Waals surface area contributed by atoms with Gasteiger partial charge in [-0.2, -0.15) is 0 Å². The van der Waals surface area contributed by atoms with Crippen LogP contribution in [0.4, 0.5) is 5.13 Å². The van der Waals surface area contributed by atoms with Crippen LogP contribution in [-0.2, 0) is 16.0 Å². The standard InChI is InChI=1S/C12H9Cl2N3O3S/c1-20-10(18)4-7-5-21-12(15-7)17-11(19)6-2-8(13)16-9(14)3-6/h2-3,5H,4H2,1H3,(H,15,17,19). The lowest BCUT2D eigenvalue weighted by atomic mass is 10.2. The number of amides is 1. The number of esters is 1. The van der Waals surface area contributed by atoms with Crippen LogP contribution in [0.2, 0.25) is 10.3 Å². The van der Waals surface area contributed by atoms with Gasteiger partial charge in [-0.3, -0.25) is 14.9 Å². The van der Waals surface area contributed by atoms with Crippen molar-refractivity contribution in [1.82, 2.24) is 9.97 Å². The number of nitrogens with one attached hydrogen (secondary N) is 1. The zero-order chi connectivity index (χ0) is 15.4. The molecule has 6 nitrogen and oxygen atoms in total. The van der Waals surface area contributed by atoms with Crippen molar-refractivity contribution in [2.75, 3.05) is 12.4 Å². The third-order valence-corrected chi connectivity index (χ3v) is 3.54. The van der Waals surface area contributed by atoms with Gasteiger partial charge < -0.3 is 4.74 Å². The van der Waals surface area contributed by atoms with Gasteiger partial charge in [-0.15, -0.1) is 11.3 Å². The summed E-state index contributed by atoms with van der Waals surface area (Å²) in [6, 6.07) is 2.79. The Kier molecular flexibility index (Phi) is 5.11. The fraction of sp³-hybridized carbons (Fsp3) is 0.167. The van der Waals surface area contributed by atoms with Crippen molar-refractivity contribution in [3.05, 3.63) is 39.1 Å². The van der Waals surface area contributed by atoms with E-state index in [1.807, 2.05) is 0 Å². The van der Waals surface area contributed by atoms with E-state index >= 15 is 0 Å². The number of ether oxygens (including phenoxy) is 1. The molecule has 0 atom stereocenters. The van der Waals surface area contributed by atoms with E-state index in [9.17, 15) is 9.59 Å². The summed E-state index contributed by atoms with van der Waals surface area (Å²) in [6.07, 6.45) is 0.0514. The second-order valence-electron chi connectivity index (χ2n) is 3.85. The van der Waals surface area contributed by atoms with E-state index in [2.05, 4.69) is 20.0 Å². The molecule has 1 N–H and O–H groups in total. The van der Waals surface area contributed by atoms with Crippen LogP contribution in [0.15, 0.2) is 17.5 Å². The topological polar surface area (TPSA) is 81.2 Å². The lowest BCUT2D eigenvalue weighted by Crippen LogP contribution is -2.12. The number of thiazole rings is 1. The van der Waals surface area contributed by atoms with Gasteiger partial charge in [-0.05, 0) is 12.1 Å². The molecule has 0 spiro atoms. The van der Waals surface area contributed by atoms with E-state index in [0.29, 0.717) is 10.8 Å². The number of rotatable bonds is 4. The van der Waals surface area contributed by atoms with Gasteiger partial charge in [-0.1, -0.05) is 23.2 Å². The Morgan fingerprint density at radius 1 is 1.29 bits per heavy atom. The zero-order valence-electron chi connectivity index (χ0n) is 10.7. The molecule has 0 radical (unpaired) electrons. The summed E-state index contributed by atoms with van der Waals surface area (Å²) in [5.74, 6) is -0.814. The average molecular weight is 346 g/mol. The molecule has 9 heteroatoms. The Hall–Kier alpha value is -1.70. The second-order valence-corrected chi connectivity index (χ2v) is 5.48. The predicted molar refractivity (Wildman–Crippen MR) is 80.0 cm³/mol. The largest absolute Gasteiger partial charge is 0.469 e. The molecule has 0 aliphatic rings. The minimum atomic E-state index is -0.417. The molecule has 2 aromatic rings. The Balaban J connectivity index is 2.07. The van der Waals surface area contributed by atoms with Crippen LogP contribution >= 0.6 is 34.5 Å². The molecule has 2 aromatic heterocycles. The summed E-state index contributed by atoms with van der Waals surface area (Å²) < 4.78 is 4.54. The van der Waals surface area contributed by atoms with E-state index in [0.717, 1.165) is 0 Å². The number of carbonyl (C=O) groups is 2. The minimum Gasteiger partial charge on any atom is -0.469 e. The molecule has 0 aliphatic heterocycles. The number of anilines is 1. The third-order valence-electron chi connectivity index (χ3n) is 2.35. The summed E-state index contributed by atoms with van der Waals surface area (Å²) in [6.45, 7) is 0. The Morgan fingerprint density at radius 2 is 1.95 bits per heavy atom. The number of methoxy groups -OCH3 is 1. The maximum absolute atomic E-state index is 12.0. The summed E-state index contributed by atoms with van der Waals surface area (Å²) in [5, 5.41) is 4.87. The Bertz CT molecular complexity index is 670. The first-order chi connectivity index (χ1) is 9.97. The van der Waals surface area contributed by atoms with Crippen LogP contribution in [0.5, 0.6) is 0 Å². The number of carbonyl (C=O) groups excluding carboxylic acids is 2. The monoisotopic (exact) mass is 345 g/mol. The van der Waals surface area contributed by atoms with Crippen molar-refractivity contribution < 1.29 is 14.3 Å². The van der Waals surface area contributed by atoms with Gasteiger partial charge in [0.1, 0.15) is 10.3 Å². The van der Waals surface area contributed by atoms with E-state index in [-0.39, 0.29) is 22.3 Å². The Morgan fingerprint density at radius 3 is 2.57 bits per heavy atom. The van der Waals surface area contributed by atoms with Crippen LogP contribution < -0.4 is 5.32 Å². The fourth-order valence-corrected chi connectivity index (χ4v) is 2.60. The van der Waals surface area contributed by atoms with Crippen molar-refractivity contribution >= 4 is 51.5 Å². The third kappa shape index (κ3) is 4.38. The second kappa shape index (κ2) is 6.84. The van der Waals surface area contributed by atoms with Gasteiger partial charge in [0.15, 0.2) is 5.13 Å². The minimum absolute atomic E-state index is 0.0514. The van der Waals surface area contributed by atoms with Gasteiger partial charge in [0.05, 0.1) is 19.2 Å². The molecule has 0 fully saturated rings. The number of nitrogens with zero attached hydrogens (tertiary/aromatic N) is 2. The van der Waals surface area contributed by atoms with Crippen LogP contribution in [-0.4, -0.2) is 29.0 Å². The van der Waals surface area contributed by atoms with Crippen LogP contribution in [0.1, 0.15) is 16.1 Å². The van der Waals surface area contributed by atoms with E-state index in [4.69, 9.17) is 23.2 Å². The number of pyridine rings is 1. The average Bonchev–Trinajstić information content (AvgIpc) is 2.84. The molecule has 0 saturated heterocycles. The van der Waals surface area contributed by atoms with E-state index < -0.39 is 11.9 Å². The quantitative estimate of drug-likeness (QED) is 0.680. The molecule has 1 amide bonds. The van der Waals surface area contributed by atoms with E-state index in [1.54, 1.807) is 5.38 Å². The van der Waals surface area contributed by atoms with Crippen molar-refractivity contribution in [2.24, 2.45) is 0 Å².